The van der Waals surface area contributed by atoms with E-state index in [-0.39, 0.29) is 5.69 Å². The molecule has 2 aromatic rings. The molecule has 0 atom stereocenters. The lowest BCUT2D eigenvalue weighted by Crippen LogP contribution is -2.02. The summed E-state index contributed by atoms with van der Waals surface area (Å²) in [6.45, 7) is 4.26. The van der Waals surface area contributed by atoms with E-state index >= 15 is 0 Å². The molecule has 1 aromatic carbocycles. The van der Waals surface area contributed by atoms with Crippen LogP contribution in [-0.4, -0.2) is 21.4 Å². The number of nitrogens with zero attached hydrogens (tertiary/aromatic N) is 3. The fourth-order valence-corrected chi connectivity index (χ4v) is 1.67. The number of nitrogens with one attached hydrogen (secondary N) is 1. The molecule has 0 spiro atoms. The number of nitro benzene ring substituents is 1. The molecule has 0 aliphatic heterocycles. The zero-order valence-electron chi connectivity index (χ0n) is 11.2. The molecule has 0 unspecified atom stereocenters. The van der Waals surface area contributed by atoms with Crippen LogP contribution in [0.15, 0.2) is 30.5 Å². The number of ether oxygens (including phenoxy) is 1. The predicted octanol–water partition coefficient (Wildman–Crippen LogP) is 2.92. The van der Waals surface area contributed by atoms with Gasteiger partial charge in [-0.2, -0.15) is 4.98 Å². The summed E-state index contributed by atoms with van der Waals surface area (Å²) >= 11 is 0. The molecule has 20 heavy (non-hydrogen) atoms. The van der Waals surface area contributed by atoms with Crippen molar-refractivity contribution >= 4 is 11.6 Å². The average molecular weight is 274 g/mol. The summed E-state index contributed by atoms with van der Waals surface area (Å²) < 4.78 is 5.59. The molecule has 0 bridgehead atoms. The number of hydrogen-bond acceptors (Lipinski definition) is 6. The van der Waals surface area contributed by atoms with Gasteiger partial charge in [-0.25, -0.2) is 4.98 Å². The third-order valence-corrected chi connectivity index (χ3v) is 2.63. The lowest BCUT2D eigenvalue weighted by molar-refractivity contribution is -0.385. The molecule has 1 N–H and O–H groups in total. The normalized spacial score (nSPS) is 10.1. The molecule has 7 heteroatoms. The minimum absolute atomic E-state index is 0.0171. The summed E-state index contributed by atoms with van der Waals surface area (Å²) in [5, 5.41) is 13.8. The highest BCUT2D eigenvalue weighted by Gasteiger charge is 2.15. The molecular weight excluding hydrogens is 260 g/mol. The Morgan fingerprint density at radius 1 is 1.40 bits per heavy atom. The second-order valence-corrected chi connectivity index (χ2v) is 4.01. The molecule has 0 amide bonds. The topological polar surface area (TPSA) is 90.2 Å². The molecule has 0 saturated carbocycles. The van der Waals surface area contributed by atoms with Crippen LogP contribution in [0, 0.1) is 17.0 Å². The number of aromatic nitrogens is 2. The van der Waals surface area contributed by atoms with Crippen LogP contribution in [0.3, 0.4) is 0 Å². The van der Waals surface area contributed by atoms with Crippen molar-refractivity contribution in [3.05, 3.63) is 46.1 Å². The second kappa shape index (κ2) is 5.96. The standard InChI is InChI=1S/C13H14N4O3/c1-3-14-13-15-8-7-12(16-13)20-11-6-4-5-10(9(11)2)17(18)19/h4-8H,3H2,1-2H3,(H,14,15,16). The van der Waals surface area contributed by atoms with Crippen LogP contribution in [0.1, 0.15) is 12.5 Å². The van der Waals surface area contributed by atoms with E-state index in [2.05, 4.69) is 15.3 Å². The Morgan fingerprint density at radius 3 is 2.90 bits per heavy atom. The molecular formula is C13H14N4O3. The molecule has 104 valence electrons. The largest absolute Gasteiger partial charge is 0.438 e. The van der Waals surface area contributed by atoms with Crippen LogP contribution in [0.5, 0.6) is 11.6 Å². The predicted molar refractivity (Wildman–Crippen MR) is 74.1 cm³/mol. The van der Waals surface area contributed by atoms with Gasteiger partial charge in [-0.15, -0.1) is 0 Å². The Bertz CT molecular complexity index is 631. The maximum atomic E-state index is 10.9. The first kappa shape index (κ1) is 13.7. The van der Waals surface area contributed by atoms with Gasteiger partial charge in [0.15, 0.2) is 0 Å². The first-order valence-corrected chi connectivity index (χ1v) is 6.10. The summed E-state index contributed by atoms with van der Waals surface area (Å²) in [6.07, 6.45) is 1.56. The lowest BCUT2D eigenvalue weighted by Gasteiger charge is -2.08. The van der Waals surface area contributed by atoms with Gasteiger partial charge in [-0.05, 0) is 19.9 Å². The molecule has 0 aliphatic rings. The third-order valence-electron chi connectivity index (χ3n) is 2.63. The van der Waals surface area contributed by atoms with Gasteiger partial charge in [0.25, 0.3) is 5.69 Å². The van der Waals surface area contributed by atoms with Gasteiger partial charge in [0.2, 0.25) is 11.8 Å². The quantitative estimate of drug-likeness (QED) is 0.666. The fourth-order valence-electron chi connectivity index (χ4n) is 1.67. The first-order valence-electron chi connectivity index (χ1n) is 6.10. The van der Waals surface area contributed by atoms with Gasteiger partial charge in [0.1, 0.15) is 5.75 Å². The van der Waals surface area contributed by atoms with Crippen LogP contribution < -0.4 is 10.1 Å². The van der Waals surface area contributed by atoms with E-state index in [0.29, 0.717) is 29.7 Å². The summed E-state index contributed by atoms with van der Waals surface area (Å²) in [7, 11) is 0. The van der Waals surface area contributed by atoms with Crippen molar-refractivity contribution in [2.75, 3.05) is 11.9 Å². The molecule has 7 nitrogen and oxygen atoms in total. The molecule has 2 rings (SSSR count). The fraction of sp³-hybridized carbons (Fsp3) is 0.231. The van der Waals surface area contributed by atoms with Crippen molar-refractivity contribution in [1.82, 2.24) is 9.97 Å². The van der Waals surface area contributed by atoms with E-state index in [4.69, 9.17) is 4.74 Å². The summed E-state index contributed by atoms with van der Waals surface area (Å²) in [5.74, 6) is 1.19. The second-order valence-electron chi connectivity index (χ2n) is 4.01. The smallest absolute Gasteiger partial charge is 0.276 e. The van der Waals surface area contributed by atoms with Gasteiger partial charge >= 0.3 is 0 Å². The van der Waals surface area contributed by atoms with Crippen LogP contribution in [0.2, 0.25) is 0 Å². The highest BCUT2D eigenvalue weighted by Crippen LogP contribution is 2.30. The van der Waals surface area contributed by atoms with Gasteiger partial charge in [-0.1, -0.05) is 6.07 Å². The van der Waals surface area contributed by atoms with Crippen LogP contribution in [-0.2, 0) is 0 Å². The third kappa shape index (κ3) is 3.00. The zero-order valence-corrected chi connectivity index (χ0v) is 11.2. The monoisotopic (exact) mass is 274 g/mol. The molecule has 0 saturated heterocycles. The molecule has 0 aliphatic carbocycles. The van der Waals surface area contributed by atoms with E-state index in [0.717, 1.165) is 0 Å². The maximum Gasteiger partial charge on any atom is 0.276 e. The number of benzene rings is 1. The van der Waals surface area contributed by atoms with Crippen LogP contribution in [0.4, 0.5) is 11.6 Å². The highest BCUT2D eigenvalue weighted by atomic mass is 16.6. The lowest BCUT2D eigenvalue weighted by atomic mass is 10.2. The molecule has 1 heterocycles. The maximum absolute atomic E-state index is 10.9. The van der Waals surface area contributed by atoms with E-state index in [1.165, 1.54) is 6.07 Å². The summed E-state index contributed by atoms with van der Waals surface area (Å²) in [6, 6.07) is 6.27. The molecule has 1 aromatic heterocycles. The number of anilines is 1. The van der Waals surface area contributed by atoms with Crippen molar-refractivity contribution < 1.29 is 9.66 Å². The van der Waals surface area contributed by atoms with Crippen molar-refractivity contribution in [2.24, 2.45) is 0 Å². The van der Waals surface area contributed by atoms with Crippen molar-refractivity contribution in [2.45, 2.75) is 13.8 Å². The van der Waals surface area contributed by atoms with E-state index in [9.17, 15) is 10.1 Å². The zero-order chi connectivity index (χ0) is 14.5. The molecule has 0 fully saturated rings. The SMILES string of the molecule is CCNc1nccc(Oc2cccc([N+](=O)[O-])c2C)n1. The van der Waals surface area contributed by atoms with E-state index < -0.39 is 4.92 Å². The Kier molecular flexibility index (Phi) is 4.09. The summed E-state index contributed by atoms with van der Waals surface area (Å²) in [4.78, 5) is 18.6. The Morgan fingerprint density at radius 2 is 2.20 bits per heavy atom. The van der Waals surface area contributed by atoms with Crippen molar-refractivity contribution in [3.8, 4) is 11.6 Å². The highest BCUT2D eigenvalue weighted by molar-refractivity contribution is 5.49. The Labute approximate surface area is 115 Å². The van der Waals surface area contributed by atoms with Gasteiger partial charge in [-0.3, -0.25) is 10.1 Å². The first-order chi connectivity index (χ1) is 9.61. The number of hydrogen-bond donors (Lipinski definition) is 1. The van der Waals surface area contributed by atoms with Crippen molar-refractivity contribution in [1.29, 1.82) is 0 Å². The van der Waals surface area contributed by atoms with Crippen LogP contribution >= 0.6 is 0 Å². The minimum Gasteiger partial charge on any atom is -0.438 e. The Balaban J connectivity index is 2.28. The Hall–Kier alpha value is -2.70. The van der Waals surface area contributed by atoms with Crippen LogP contribution in [0.25, 0.3) is 0 Å². The van der Waals surface area contributed by atoms with Crippen molar-refractivity contribution in [3.63, 3.8) is 0 Å². The number of nitro groups is 1. The summed E-state index contributed by atoms with van der Waals surface area (Å²) in [5.41, 5.74) is 0.476. The minimum atomic E-state index is -0.438. The van der Waals surface area contributed by atoms with Gasteiger partial charge in [0.05, 0.1) is 10.5 Å². The van der Waals surface area contributed by atoms with E-state index in [1.54, 1.807) is 31.3 Å². The average Bonchev–Trinajstić information content (AvgIpc) is 2.42. The van der Waals surface area contributed by atoms with Gasteiger partial charge < -0.3 is 10.1 Å². The molecule has 0 radical (unpaired) electrons. The van der Waals surface area contributed by atoms with E-state index in [1.807, 2.05) is 6.92 Å². The number of rotatable bonds is 5. The van der Waals surface area contributed by atoms with Gasteiger partial charge in [0, 0.05) is 24.9 Å².